The molecule has 2 bridgehead atoms. The summed E-state index contributed by atoms with van der Waals surface area (Å²) in [4.78, 5) is 17.2. The van der Waals surface area contributed by atoms with Gasteiger partial charge in [0.2, 0.25) is 0 Å². The van der Waals surface area contributed by atoms with Crippen LogP contribution in [0.25, 0.3) is 11.3 Å². The number of hydrogen-bond donors (Lipinski definition) is 1. The number of aromatic amines is 1. The van der Waals surface area contributed by atoms with Crippen LogP contribution in [0, 0.1) is 0 Å². The number of fused-ring (bicyclic) bond motifs is 4. The number of thiophene rings is 1. The fourth-order valence-corrected chi connectivity index (χ4v) is 3.95. The standard InChI is InChI=1S/C15H18N4OS/c20-15(19-7-6-18-4-1-12(19)2-5-18)14-9-13(16-17-14)11-3-8-21-10-11/h3,8-10,12H,1-2,4-7H2,(H,16,17). The zero-order valence-corrected chi connectivity index (χ0v) is 12.6. The quantitative estimate of drug-likeness (QED) is 0.924. The number of amides is 1. The van der Waals surface area contributed by atoms with Crippen molar-refractivity contribution >= 4 is 17.2 Å². The van der Waals surface area contributed by atoms with E-state index in [2.05, 4.69) is 20.5 Å². The minimum atomic E-state index is 0.0708. The van der Waals surface area contributed by atoms with Crippen LogP contribution >= 0.6 is 11.3 Å². The van der Waals surface area contributed by atoms with Crippen molar-refractivity contribution in [3.8, 4) is 11.3 Å². The van der Waals surface area contributed by atoms with Crippen LogP contribution in [0.4, 0.5) is 0 Å². The number of nitrogens with zero attached hydrogens (tertiary/aromatic N) is 3. The molecule has 3 saturated heterocycles. The summed E-state index contributed by atoms with van der Waals surface area (Å²) in [7, 11) is 0. The maximum Gasteiger partial charge on any atom is 0.274 e. The van der Waals surface area contributed by atoms with Crippen LogP contribution in [-0.4, -0.2) is 58.1 Å². The number of rotatable bonds is 2. The van der Waals surface area contributed by atoms with Crippen molar-refractivity contribution in [2.45, 2.75) is 18.9 Å². The average molecular weight is 302 g/mol. The Morgan fingerprint density at radius 1 is 1.29 bits per heavy atom. The number of piperidine rings is 1. The number of hydrogen-bond acceptors (Lipinski definition) is 4. The normalized spacial score (nSPS) is 25.0. The van der Waals surface area contributed by atoms with Gasteiger partial charge in [0.1, 0.15) is 0 Å². The molecule has 0 radical (unpaired) electrons. The Morgan fingerprint density at radius 3 is 2.90 bits per heavy atom. The van der Waals surface area contributed by atoms with E-state index >= 15 is 0 Å². The minimum absolute atomic E-state index is 0.0708. The largest absolute Gasteiger partial charge is 0.333 e. The van der Waals surface area contributed by atoms with Crippen LogP contribution in [-0.2, 0) is 0 Å². The van der Waals surface area contributed by atoms with Crippen LogP contribution in [0.3, 0.4) is 0 Å². The molecule has 2 aromatic rings. The van der Waals surface area contributed by atoms with Gasteiger partial charge < -0.3 is 9.80 Å². The zero-order valence-electron chi connectivity index (χ0n) is 11.8. The molecular weight excluding hydrogens is 284 g/mol. The average Bonchev–Trinajstić information content (AvgIpc) is 3.12. The van der Waals surface area contributed by atoms with Crippen molar-refractivity contribution < 1.29 is 4.79 Å². The highest BCUT2D eigenvalue weighted by Gasteiger charge is 2.33. The lowest BCUT2D eigenvalue weighted by atomic mass is 10.0. The van der Waals surface area contributed by atoms with Crippen molar-refractivity contribution in [1.82, 2.24) is 20.0 Å². The summed E-state index contributed by atoms with van der Waals surface area (Å²) in [5.74, 6) is 0.0708. The molecule has 1 amide bonds. The van der Waals surface area contributed by atoms with E-state index in [0.717, 1.165) is 50.3 Å². The zero-order chi connectivity index (χ0) is 14.2. The molecule has 6 heteroatoms. The summed E-state index contributed by atoms with van der Waals surface area (Å²) in [6.07, 6.45) is 2.18. The van der Waals surface area contributed by atoms with Gasteiger partial charge >= 0.3 is 0 Å². The molecule has 0 atom stereocenters. The van der Waals surface area contributed by atoms with Gasteiger partial charge in [0.05, 0.1) is 5.69 Å². The topological polar surface area (TPSA) is 52.2 Å². The molecule has 2 aromatic heterocycles. The molecule has 0 spiro atoms. The second kappa shape index (κ2) is 5.27. The third-order valence-corrected chi connectivity index (χ3v) is 5.23. The van der Waals surface area contributed by atoms with Crippen molar-refractivity contribution in [3.63, 3.8) is 0 Å². The number of aromatic nitrogens is 2. The van der Waals surface area contributed by atoms with Gasteiger partial charge in [-0.2, -0.15) is 16.4 Å². The highest BCUT2D eigenvalue weighted by molar-refractivity contribution is 7.08. The molecule has 1 N–H and O–H groups in total. The van der Waals surface area contributed by atoms with E-state index in [4.69, 9.17) is 0 Å². The highest BCUT2D eigenvalue weighted by atomic mass is 32.1. The highest BCUT2D eigenvalue weighted by Crippen LogP contribution is 2.24. The molecule has 3 aliphatic rings. The fraction of sp³-hybridized carbons (Fsp3) is 0.467. The van der Waals surface area contributed by atoms with Gasteiger partial charge in [-0.05, 0) is 30.4 Å². The van der Waals surface area contributed by atoms with Crippen LogP contribution in [0.15, 0.2) is 22.9 Å². The first-order chi connectivity index (χ1) is 10.3. The lowest BCUT2D eigenvalue weighted by molar-refractivity contribution is 0.0679. The fourth-order valence-electron chi connectivity index (χ4n) is 3.30. The first-order valence-corrected chi connectivity index (χ1v) is 8.37. The molecule has 5 heterocycles. The van der Waals surface area contributed by atoms with Crippen molar-refractivity contribution in [2.24, 2.45) is 0 Å². The summed E-state index contributed by atoms with van der Waals surface area (Å²) in [6.45, 7) is 4.05. The van der Waals surface area contributed by atoms with Gasteiger partial charge in [-0.3, -0.25) is 9.89 Å². The molecule has 0 unspecified atom stereocenters. The van der Waals surface area contributed by atoms with E-state index in [-0.39, 0.29) is 5.91 Å². The summed E-state index contributed by atoms with van der Waals surface area (Å²) in [5, 5.41) is 11.3. The molecule has 3 aliphatic heterocycles. The second-order valence-corrected chi connectivity index (χ2v) is 6.53. The third kappa shape index (κ3) is 2.38. The monoisotopic (exact) mass is 302 g/mol. The summed E-state index contributed by atoms with van der Waals surface area (Å²) < 4.78 is 0. The summed E-state index contributed by atoms with van der Waals surface area (Å²) in [5.41, 5.74) is 2.55. The van der Waals surface area contributed by atoms with Gasteiger partial charge in [-0.15, -0.1) is 0 Å². The molecule has 0 aromatic carbocycles. The Labute approximate surface area is 127 Å². The third-order valence-electron chi connectivity index (χ3n) is 4.55. The molecule has 5 nitrogen and oxygen atoms in total. The molecule has 110 valence electrons. The number of carbonyl (C=O) groups is 1. The van der Waals surface area contributed by atoms with Crippen LogP contribution in [0.1, 0.15) is 23.3 Å². The first kappa shape index (κ1) is 13.0. The first-order valence-electron chi connectivity index (χ1n) is 7.42. The van der Waals surface area contributed by atoms with Gasteiger partial charge in [-0.25, -0.2) is 0 Å². The van der Waals surface area contributed by atoms with E-state index in [1.165, 1.54) is 0 Å². The Morgan fingerprint density at radius 2 is 2.14 bits per heavy atom. The maximum absolute atomic E-state index is 12.8. The molecular formula is C15H18N4OS. The smallest absolute Gasteiger partial charge is 0.274 e. The molecule has 3 fully saturated rings. The number of nitrogens with one attached hydrogen (secondary N) is 1. The predicted molar refractivity (Wildman–Crippen MR) is 82.4 cm³/mol. The Hall–Kier alpha value is -1.66. The summed E-state index contributed by atoms with van der Waals surface area (Å²) in [6, 6.07) is 4.30. The lowest BCUT2D eigenvalue weighted by Crippen LogP contribution is -2.41. The molecule has 0 aliphatic carbocycles. The van der Waals surface area contributed by atoms with E-state index in [9.17, 15) is 4.79 Å². The van der Waals surface area contributed by atoms with E-state index in [1.54, 1.807) is 11.3 Å². The van der Waals surface area contributed by atoms with E-state index in [1.807, 2.05) is 22.4 Å². The Balaban J connectivity index is 1.57. The van der Waals surface area contributed by atoms with Gasteiger partial charge in [0, 0.05) is 43.2 Å². The number of carbonyl (C=O) groups excluding carboxylic acids is 1. The lowest BCUT2D eigenvalue weighted by Gasteiger charge is -2.30. The van der Waals surface area contributed by atoms with Crippen molar-refractivity contribution in [1.29, 1.82) is 0 Å². The predicted octanol–water partition coefficient (Wildman–Crippen LogP) is 2.06. The molecule has 0 saturated carbocycles. The Kier molecular flexibility index (Phi) is 3.27. The number of H-pyrrole nitrogens is 1. The van der Waals surface area contributed by atoms with Crippen molar-refractivity contribution in [3.05, 3.63) is 28.6 Å². The van der Waals surface area contributed by atoms with Gasteiger partial charge in [0.25, 0.3) is 5.91 Å². The molecule has 5 rings (SSSR count). The summed E-state index contributed by atoms with van der Waals surface area (Å²) >= 11 is 1.64. The van der Waals surface area contributed by atoms with Crippen LogP contribution in [0.5, 0.6) is 0 Å². The van der Waals surface area contributed by atoms with E-state index in [0.29, 0.717) is 11.7 Å². The van der Waals surface area contributed by atoms with Crippen LogP contribution in [0.2, 0.25) is 0 Å². The van der Waals surface area contributed by atoms with E-state index < -0.39 is 0 Å². The SMILES string of the molecule is O=C(c1cc(-c2ccsc2)[nH]n1)N1CCN2CCC1CC2. The minimum Gasteiger partial charge on any atom is -0.333 e. The van der Waals surface area contributed by atoms with Crippen molar-refractivity contribution in [2.75, 3.05) is 26.2 Å². The Bertz CT molecular complexity index is 628. The second-order valence-electron chi connectivity index (χ2n) is 5.75. The van der Waals surface area contributed by atoms with Crippen LogP contribution < -0.4 is 0 Å². The molecule has 21 heavy (non-hydrogen) atoms. The van der Waals surface area contributed by atoms with Gasteiger partial charge in [0.15, 0.2) is 5.69 Å². The maximum atomic E-state index is 12.8. The van der Waals surface area contributed by atoms with Gasteiger partial charge in [-0.1, -0.05) is 0 Å².